The van der Waals surface area contributed by atoms with Crippen LogP contribution in [-0.2, 0) is 11.0 Å². The smallest absolute Gasteiger partial charge is 0.387 e. The first kappa shape index (κ1) is 19.3. The number of halogens is 5. The van der Waals surface area contributed by atoms with Gasteiger partial charge in [0.05, 0.1) is 15.7 Å². The molecule has 0 spiro atoms. The van der Waals surface area contributed by atoms with E-state index in [1.807, 2.05) is 0 Å². The SMILES string of the molecule is Cc1cc(C2=NOC(c3cc(C(F)(F)F)cc(Br)c3F)C2)ccc1C(N)=O. The lowest BCUT2D eigenvalue weighted by Crippen LogP contribution is -2.13. The van der Waals surface area contributed by atoms with E-state index in [2.05, 4.69) is 21.1 Å². The Morgan fingerprint density at radius 1 is 1.30 bits per heavy atom. The largest absolute Gasteiger partial charge is 0.416 e. The summed E-state index contributed by atoms with van der Waals surface area (Å²) in [4.78, 5) is 16.5. The molecule has 2 aromatic rings. The van der Waals surface area contributed by atoms with E-state index in [1.54, 1.807) is 19.1 Å². The van der Waals surface area contributed by atoms with Crippen molar-refractivity contribution in [2.24, 2.45) is 10.9 Å². The summed E-state index contributed by atoms with van der Waals surface area (Å²) in [5.74, 6) is -1.40. The predicted molar refractivity (Wildman–Crippen MR) is 93.8 cm³/mol. The van der Waals surface area contributed by atoms with E-state index in [0.29, 0.717) is 28.5 Å². The Bertz CT molecular complexity index is 957. The van der Waals surface area contributed by atoms with Crippen LogP contribution in [0, 0.1) is 12.7 Å². The van der Waals surface area contributed by atoms with Crippen LogP contribution in [0.5, 0.6) is 0 Å². The van der Waals surface area contributed by atoms with Gasteiger partial charge in [-0.2, -0.15) is 13.2 Å². The number of alkyl halides is 3. The molecular formula is C18H13BrF4N2O2. The van der Waals surface area contributed by atoms with Crippen LogP contribution in [0.1, 0.15) is 45.1 Å². The van der Waals surface area contributed by atoms with Crippen molar-refractivity contribution in [3.8, 4) is 0 Å². The molecule has 0 fully saturated rings. The van der Waals surface area contributed by atoms with E-state index in [-0.39, 0.29) is 16.5 Å². The summed E-state index contributed by atoms with van der Waals surface area (Å²) in [6, 6.07) is 6.22. The van der Waals surface area contributed by atoms with Gasteiger partial charge in [-0.15, -0.1) is 0 Å². The van der Waals surface area contributed by atoms with Gasteiger partial charge in [-0.3, -0.25) is 4.79 Å². The molecule has 1 amide bonds. The van der Waals surface area contributed by atoms with Crippen LogP contribution in [0.15, 0.2) is 40.0 Å². The van der Waals surface area contributed by atoms with E-state index >= 15 is 0 Å². The maximum absolute atomic E-state index is 14.4. The molecule has 0 saturated carbocycles. The fraction of sp³-hybridized carbons (Fsp3) is 0.222. The minimum atomic E-state index is -4.62. The first-order valence-corrected chi connectivity index (χ1v) is 8.57. The summed E-state index contributed by atoms with van der Waals surface area (Å²) in [5.41, 5.74) is 6.08. The number of primary amides is 1. The number of hydrogen-bond acceptors (Lipinski definition) is 3. The van der Waals surface area contributed by atoms with E-state index in [0.717, 1.165) is 6.07 Å². The lowest BCUT2D eigenvalue weighted by atomic mass is 9.96. The van der Waals surface area contributed by atoms with Gasteiger partial charge in [-0.1, -0.05) is 11.2 Å². The Labute approximate surface area is 160 Å². The van der Waals surface area contributed by atoms with Gasteiger partial charge < -0.3 is 10.6 Å². The summed E-state index contributed by atoms with van der Waals surface area (Å²) >= 11 is 2.82. The van der Waals surface area contributed by atoms with Gasteiger partial charge in [0.15, 0.2) is 6.10 Å². The summed E-state index contributed by atoms with van der Waals surface area (Å²) in [6.07, 6.45) is -5.52. The molecule has 2 aromatic carbocycles. The average molecular weight is 445 g/mol. The fourth-order valence-corrected chi connectivity index (χ4v) is 3.32. The third-order valence-electron chi connectivity index (χ3n) is 4.22. The zero-order chi connectivity index (χ0) is 19.9. The van der Waals surface area contributed by atoms with E-state index in [9.17, 15) is 22.4 Å². The number of carbonyl (C=O) groups excluding carboxylic acids is 1. The summed E-state index contributed by atoms with van der Waals surface area (Å²) in [7, 11) is 0. The molecule has 1 aliphatic heterocycles. The first-order chi connectivity index (χ1) is 12.6. The van der Waals surface area contributed by atoms with Crippen LogP contribution in [0.3, 0.4) is 0 Å². The highest BCUT2D eigenvalue weighted by Gasteiger charge is 2.35. The quantitative estimate of drug-likeness (QED) is 0.685. The van der Waals surface area contributed by atoms with Gasteiger partial charge in [-0.05, 0) is 58.2 Å². The molecule has 142 valence electrons. The van der Waals surface area contributed by atoms with Crippen molar-refractivity contribution in [3.63, 3.8) is 0 Å². The van der Waals surface area contributed by atoms with Crippen molar-refractivity contribution in [3.05, 3.63) is 68.4 Å². The third-order valence-corrected chi connectivity index (χ3v) is 4.80. The van der Waals surface area contributed by atoms with E-state index in [4.69, 9.17) is 10.6 Å². The molecular weight excluding hydrogens is 432 g/mol. The first-order valence-electron chi connectivity index (χ1n) is 7.77. The van der Waals surface area contributed by atoms with Gasteiger partial charge in [0.1, 0.15) is 5.82 Å². The molecule has 0 saturated heterocycles. The Morgan fingerprint density at radius 2 is 2.00 bits per heavy atom. The average Bonchev–Trinajstić information content (AvgIpc) is 3.05. The fourth-order valence-electron chi connectivity index (χ4n) is 2.84. The number of carbonyl (C=O) groups is 1. The van der Waals surface area contributed by atoms with E-state index in [1.165, 1.54) is 6.07 Å². The van der Waals surface area contributed by atoms with Crippen molar-refractivity contribution < 1.29 is 27.2 Å². The van der Waals surface area contributed by atoms with Crippen molar-refractivity contribution in [2.75, 3.05) is 0 Å². The molecule has 0 aromatic heterocycles. The van der Waals surface area contributed by atoms with E-state index < -0.39 is 29.6 Å². The van der Waals surface area contributed by atoms with Gasteiger partial charge in [-0.25, -0.2) is 4.39 Å². The molecule has 4 nitrogen and oxygen atoms in total. The molecule has 1 atom stereocenters. The second-order valence-corrected chi connectivity index (χ2v) is 6.94. The number of oxime groups is 1. The number of aryl methyl sites for hydroxylation is 1. The lowest BCUT2D eigenvalue weighted by molar-refractivity contribution is -0.137. The van der Waals surface area contributed by atoms with Gasteiger partial charge >= 0.3 is 6.18 Å². The summed E-state index contributed by atoms with van der Waals surface area (Å²) < 4.78 is 53.1. The number of hydrogen-bond donors (Lipinski definition) is 1. The molecule has 27 heavy (non-hydrogen) atoms. The highest BCUT2D eigenvalue weighted by molar-refractivity contribution is 9.10. The predicted octanol–water partition coefficient (Wildman–Crippen LogP) is 4.88. The molecule has 2 N–H and O–H groups in total. The van der Waals surface area contributed by atoms with Crippen molar-refractivity contribution in [1.29, 1.82) is 0 Å². The molecule has 0 bridgehead atoms. The van der Waals surface area contributed by atoms with Crippen LogP contribution >= 0.6 is 15.9 Å². The number of nitrogens with zero attached hydrogens (tertiary/aromatic N) is 1. The van der Waals surface area contributed by atoms with Gasteiger partial charge in [0.2, 0.25) is 5.91 Å². The summed E-state index contributed by atoms with van der Waals surface area (Å²) in [5, 5.41) is 3.88. The second kappa shape index (κ2) is 6.95. The Kier molecular flexibility index (Phi) is 4.98. The maximum atomic E-state index is 14.4. The van der Waals surface area contributed by atoms with Gasteiger partial charge in [0, 0.05) is 17.5 Å². The molecule has 1 aliphatic rings. The standard InChI is InChI=1S/C18H13BrF4N2O2/c1-8-4-9(2-3-11(8)17(24)26)14-7-15(27-25-14)12-5-10(18(21,22)23)6-13(19)16(12)20/h2-6,15H,7H2,1H3,(H2,24,26). The molecule has 9 heteroatoms. The Hall–Kier alpha value is -2.42. The zero-order valence-electron chi connectivity index (χ0n) is 13.9. The molecule has 1 unspecified atom stereocenters. The van der Waals surface area contributed by atoms with Crippen molar-refractivity contribution >= 4 is 27.5 Å². The maximum Gasteiger partial charge on any atom is 0.416 e. The van der Waals surface area contributed by atoms with Crippen LogP contribution in [0.2, 0.25) is 0 Å². The summed E-state index contributed by atoms with van der Waals surface area (Å²) in [6.45, 7) is 1.70. The second-order valence-electron chi connectivity index (χ2n) is 6.09. The number of amides is 1. The molecule has 3 rings (SSSR count). The van der Waals surface area contributed by atoms with Crippen molar-refractivity contribution in [1.82, 2.24) is 0 Å². The molecule has 0 radical (unpaired) electrons. The monoisotopic (exact) mass is 444 g/mol. The number of rotatable bonds is 3. The molecule has 1 heterocycles. The Morgan fingerprint density at radius 3 is 2.59 bits per heavy atom. The molecule has 0 aliphatic carbocycles. The number of benzene rings is 2. The normalized spacial score (nSPS) is 16.8. The Balaban J connectivity index is 1.89. The topological polar surface area (TPSA) is 64.7 Å². The van der Waals surface area contributed by atoms with Crippen LogP contribution in [0.25, 0.3) is 0 Å². The zero-order valence-corrected chi connectivity index (χ0v) is 15.5. The minimum absolute atomic E-state index is 0.0834. The van der Waals surface area contributed by atoms with Crippen molar-refractivity contribution in [2.45, 2.75) is 25.6 Å². The lowest BCUT2D eigenvalue weighted by Gasteiger charge is -2.14. The van der Waals surface area contributed by atoms with Crippen LogP contribution in [0.4, 0.5) is 17.6 Å². The van der Waals surface area contributed by atoms with Gasteiger partial charge in [0.25, 0.3) is 0 Å². The van der Waals surface area contributed by atoms with Crippen LogP contribution < -0.4 is 5.73 Å². The highest BCUT2D eigenvalue weighted by atomic mass is 79.9. The van der Waals surface area contributed by atoms with Crippen LogP contribution in [-0.4, -0.2) is 11.6 Å². The third kappa shape index (κ3) is 3.83. The number of nitrogens with two attached hydrogens (primary N) is 1. The highest BCUT2D eigenvalue weighted by Crippen LogP contribution is 2.39. The minimum Gasteiger partial charge on any atom is -0.387 e.